The molecular weight excluding hydrogens is 230 g/mol. The standard InChI is InChI=1S/C14H19NO3/c1-18-13-6-4-11(5-7-13)10-15-8-2-3-12(16)9-14(15)17/h4-7,12,16H,2-3,8-10H2,1H3. The summed E-state index contributed by atoms with van der Waals surface area (Å²) in [5.41, 5.74) is 1.08. The fraction of sp³-hybridized carbons (Fsp3) is 0.500. The highest BCUT2D eigenvalue weighted by molar-refractivity contribution is 5.77. The van der Waals surface area contributed by atoms with Crippen molar-refractivity contribution in [3.8, 4) is 5.75 Å². The van der Waals surface area contributed by atoms with Gasteiger partial charge in [0, 0.05) is 13.1 Å². The monoisotopic (exact) mass is 249 g/mol. The number of hydrogen-bond acceptors (Lipinski definition) is 3. The maximum Gasteiger partial charge on any atom is 0.225 e. The highest BCUT2D eigenvalue weighted by Crippen LogP contribution is 2.17. The number of amides is 1. The number of ether oxygens (including phenoxy) is 1. The van der Waals surface area contributed by atoms with Crippen LogP contribution in [0.5, 0.6) is 5.75 Å². The highest BCUT2D eigenvalue weighted by Gasteiger charge is 2.21. The van der Waals surface area contributed by atoms with Crippen LogP contribution in [0.25, 0.3) is 0 Å². The molecule has 0 aliphatic carbocycles. The van der Waals surface area contributed by atoms with Crippen molar-refractivity contribution >= 4 is 5.91 Å². The molecule has 1 heterocycles. The van der Waals surface area contributed by atoms with E-state index in [0.717, 1.165) is 24.3 Å². The zero-order chi connectivity index (χ0) is 13.0. The minimum Gasteiger partial charge on any atom is -0.497 e. The van der Waals surface area contributed by atoms with Gasteiger partial charge in [-0.3, -0.25) is 4.79 Å². The summed E-state index contributed by atoms with van der Waals surface area (Å²) in [6.45, 7) is 1.33. The molecule has 1 N–H and O–H groups in total. The molecule has 1 saturated heterocycles. The van der Waals surface area contributed by atoms with E-state index in [2.05, 4.69) is 0 Å². The molecule has 1 atom stereocenters. The van der Waals surface area contributed by atoms with E-state index < -0.39 is 6.10 Å². The number of aliphatic hydroxyl groups is 1. The van der Waals surface area contributed by atoms with E-state index in [-0.39, 0.29) is 12.3 Å². The number of nitrogens with zero attached hydrogens (tertiary/aromatic N) is 1. The first-order valence-electron chi connectivity index (χ1n) is 6.28. The van der Waals surface area contributed by atoms with E-state index in [0.29, 0.717) is 13.0 Å². The first kappa shape index (κ1) is 12.9. The predicted molar refractivity (Wildman–Crippen MR) is 68.3 cm³/mol. The van der Waals surface area contributed by atoms with Crippen molar-refractivity contribution in [2.75, 3.05) is 13.7 Å². The van der Waals surface area contributed by atoms with Gasteiger partial charge in [0.1, 0.15) is 5.75 Å². The summed E-state index contributed by atoms with van der Waals surface area (Å²) in [4.78, 5) is 13.7. The fourth-order valence-electron chi connectivity index (χ4n) is 2.19. The topological polar surface area (TPSA) is 49.8 Å². The van der Waals surface area contributed by atoms with Crippen molar-refractivity contribution in [1.29, 1.82) is 0 Å². The number of carbonyl (C=O) groups is 1. The smallest absolute Gasteiger partial charge is 0.225 e. The zero-order valence-electron chi connectivity index (χ0n) is 10.6. The summed E-state index contributed by atoms with van der Waals surface area (Å²) in [6, 6.07) is 7.72. The van der Waals surface area contributed by atoms with Crippen LogP contribution in [0.2, 0.25) is 0 Å². The maximum atomic E-state index is 11.9. The number of rotatable bonds is 3. The fourth-order valence-corrected chi connectivity index (χ4v) is 2.19. The van der Waals surface area contributed by atoms with Crippen LogP contribution in [0, 0.1) is 0 Å². The third-order valence-corrected chi connectivity index (χ3v) is 3.26. The second kappa shape index (κ2) is 5.87. The summed E-state index contributed by atoms with van der Waals surface area (Å²) in [5, 5.41) is 9.55. The lowest BCUT2D eigenvalue weighted by atomic mass is 10.2. The Bertz CT molecular complexity index is 402. The molecule has 2 rings (SSSR count). The van der Waals surface area contributed by atoms with Crippen molar-refractivity contribution in [1.82, 2.24) is 4.90 Å². The third kappa shape index (κ3) is 3.23. The molecule has 0 aromatic heterocycles. The molecular formula is C14H19NO3. The largest absolute Gasteiger partial charge is 0.497 e. The summed E-state index contributed by atoms with van der Waals surface area (Å²) in [5.74, 6) is 0.854. The van der Waals surface area contributed by atoms with Crippen LogP contribution in [-0.4, -0.2) is 35.7 Å². The molecule has 0 radical (unpaired) electrons. The van der Waals surface area contributed by atoms with Crippen molar-refractivity contribution in [3.63, 3.8) is 0 Å². The quantitative estimate of drug-likeness (QED) is 0.884. The van der Waals surface area contributed by atoms with E-state index in [4.69, 9.17) is 4.74 Å². The van der Waals surface area contributed by atoms with Gasteiger partial charge < -0.3 is 14.7 Å². The summed E-state index contributed by atoms with van der Waals surface area (Å²) >= 11 is 0. The van der Waals surface area contributed by atoms with Crippen molar-refractivity contribution in [2.45, 2.75) is 31.9 Å². The minimum atomic E-state index is -0.474. The minimum absolute atomic E-state index is 0.0378. The van der Waals surface area contributed by atoms with Crippen LogP contribution in [0.4, 0.5) is 0 Å². The molecule has 98 valence electrons. The first-order valence-corrected chi connectivity index (χ1v) is 6.28. The number of likely N-dealkylation sites (tertiary alicyclic amines) is 1. The number of methoxy groups -OCH3 is 1. The number of carbonyl (C=O) groups excluding carboxylic acids is 1. The summed E-state index contributed by atoms with van der Waals surface area (Å²) in [7, 11) is 1.63. The molecule has 1 aromatic rings. The second-order valence-electron chi connectivity index (χ2n) is 4.66. The van der Waals surface area contributed by atoms with Crippen molar-refractivity contribution < 1.29 is 14.6 Å². The molecule has 0 spiro atoms. The van der Waals surface area contributed by atoms with Gasteiger partial charge in [0.25, 0.3) is 0 Å². The van der Waals surface area contributed by atoms with E-state index in [9.17, 15) is 9.90 Å². The predicted octanol–water partition coefficient (Wildman–Crippen LogP) is 1.57. The molecule has 18 heavy (non-hydrogen) atoms. The van der Waals surface area contributed by atoms with Crippen LogP contribution in [0.3, 0.4) is 0 Å². The maximum absolute atomic E-state index is 11.9. The van der Waals surface area contributed by atoms with E-state index in [1.165, 1.54) is 0 Å². The Morgan fingerprint density at radius 3 is 2.78 bits per heavy atom. The van der Waals surface area contributed by atoms with Crippen molar-refractivity contribution in [2.24, 2.45) is 0 Å². The van der Waals surface area contributed by atoms with Gasteiger partial charge in [-0.1, -0.05) is 12.1 Å². The van der Waals surface area contributed by atoms with Crippen molar-refractivity contribution in [3.05, 3.63) is 29.8 Å². The van der Waals surface area contributed by atoms with Crippen LogP contribution in [0.1, 0.15) is 24.8 Å². The first-order chi connectivity index (χ1) is 8.69. The SMILES string of the molecule is COc1ccc(CN2CCCC(O)CC2=O)cc1. The number of aliphatic hydroxyl groups excluding tert-OH is 1. The Labute approximate surface area is 107 Å². The van der Waals surface area contributed by atoms with E-state index >= 15 is 0 Å². The van der Waals surface area contributed by atoms with Crippen LogP contribution >= 0.6 is 0 Å². The summed E-state index contributed by atoms with van der Waals surface area (Å²) in [6.07, 6.45) is 1.35. The zero-order valence-corrected chi connectivity index (χ0v) is 10.6. The lowest BCUT2D eigenvalue weighted by Gasteiger charge is -2.20. The van der Waals surface area contributed by atoms with Gasteiger partial charge in [-0.15, -0.1) is 0 Å². The molecule has 1 aliphatic heterocycles. The molecule has 4 nitrogen and oxygen atoms in total. The van der Waals surface area contributed by atoms with E-state index in [1.54, 1.807) is 7.11 Å². The Balaban J connectivity index is 2.00. The summed E-state index contributed by atoms with van der Waals surface area (Å²) < 4.78 is 5.10. The van der Waals surface area contributed by atoms with E-state index in [1.807, 2.05) is 29.2 Å². The molecule has 1 unspecified atom stereocenters. The lowest BCUT2D eigenvalue weighted by Crippen LogP contribution is -2.30. The molecule has 1 fully saturated rings. The van der Waals surface area contributed by atoms with Crippen LogP contribution in [0.15, 0.2) is 24.3 Å². The van der Waals surface area contributed by atoms with Crippen LogP contribution < -0.4 is 4.74 Å². The average molecular weight is 249 g/mol. The van der Waals surface area contributed by atoms with Gasteiger partial charge in [-0.25, -0.2) is 0 Å². The van der Waals surface area contributed by atoms with Crippen LogP contribution in [-0.2, 0) is 11.3 Å². The Hall–Kier alpha value is -1.55. The Morgan fingerprint density at radius 2 is 2.11 bits per heavy atom. The normalized spacial score (nSPS) is 20.7. The third-order valence-electron chi connectivity index (χ3n) is 3.26. The molecule has 0 saturated carbocycles. The van der Waals surface area contributed by atoms with Gasteiger partial charge in [-0.05, 0) is 30.5 Å². The Morgan fingerprint density at radius 1 is 1.39 bits per heavy atom. The van der Waals surface area contributed by atoms with Gasteiger partial charge in [0.05, 0.1) is 19.6 Å². The van der Waals surface area contributed by atoms with Gasteiger partial charge in [-0.2, -0.15) is 0 Å². The Kier molecular flexibility index (Phi) is 4.20. The number of benzene rings is 1. The number of hydrogen-bond donors (Lipinski definition) is 1. The average Bonchev–Trinajstić information content (AvgIpc) is 2.52. The molecule has 1 amide bonds. The van der Waals surface area contributed by atoms with Gasteiger partial charge in [0.2, 0.25) is 5.91 Å². The second-order valence-corrected chi connectivity index (χ2v) is 4.66. The molecule has 0 bridgehead atoms. The molecule has 4 heteroatoms. The lowest BCUT2D eigenvalue weighted by molar-refractivity contribution is -0.132. The van der Waals surface area contributed by atoms with Gasteiger partial charge in [0.15, 0.2) is 0 Å². The highest BCUT2D eigenvalue weighted by atomic mass is 16.5. The molecule has 1 aliphatic rings. The molecule has 1 aromatic carbocycles. The van der Waals surface area contributed by atoms with Gasteiger partial charge >= 0.3 is 0 Å².